The standard InChI is InChI=1S/2C13H9.Sc/c2*1-3-7-12-10(5-1)9-11-6-2-4-8-13(11)12;/h2*1-5,7-8H,9H2;/q2*-1;. The summed E-state index contributed by atoms with van der Waals surface area (Å²) >= 11 is 0. The summed E-state index contributed by atoms with van der Waals surface area (Å²) in [7, 11) is 0. The molecule has 6 rings (SSSR count). The zero-order chi connectivity index (χ0) is 17.3. The van der Waals surface area contributed by atoms with Crippen LogP contribution in [0.5, 0.6) is 0 Å². The van der Waals surface area contributed by atoms with E-state index in [0.29, 0.717) is 0 Å². The molecule has 0 saturated carbocycles. The molecule has 0 atom stereocenters. The largest absolute Gasteiger partial charge is 0.179 e. The zero-order valence-electron chi connectivity index (χ0n) is 15.1. The average Bonchev–Trinajstić information content (AvgIpc) is 3.27. The normalized spacial score (nSPS) is 11.9. The summed E-state index contributed by atoms with van der Waals surface area (Å²) in [4.78, 5) is 0. The molecule has 0 aliphatic heterocycles. The first kappa shape index (κ1) is 18.1. The number of hydrogen-bond acceptors (Lipinski definition) is 0. The Hall–Kier alpha value is -2.25. The quantitative estimate of drug-likeness (QED) is 0.281. The van der Waals surface area contributed by atoms with Crippen LogP contribution in [0.4, 0.5) is 0 Å². The van der Waals surface area contributed by atoms with Gasteiger partial charge in [-0.2, -0.15) is 59.7 Å². The number of benzene rings is 4. The molecule has 0 nitrogen and oxygen atoms in total. The summed E-state index contributed by atoms with van der Waals surface area (Å²) < 4.78 is 0. The van der Waals surface area contributed by atoms with Gasteiger partial charge in [-0.1, -0.05) is 70.8 Å². The molecule has 2 aliphatic rings. The summed E-state index contributed by atoms with van der Waals surface area (Å²) in [6.45, 7) is 0. The number of rotatable bonds is 0. The Bertz CT molecular complexity index is 918. The van der Waals surface area contributed by atoms with Gasteiger partial charge in [0.25, 0.3) is 0 Å². The number of fused-ring (bicyclic) bond motifs is 6. The Balaban J connectivity index is 0.000000129. The van der Waals surface area contributed by atoms with Crippen LogP contribution in [0.1, 0.15) is 22.3 Å². The second kappa shape index (κ2) is 7.78. The van der Waals surface area contributed by atoms with Gasteiger partial charge in [0.2, 0.25) is 0 Å². The summed E-state index contributed by atoms with van der Waals surface area (Å²) in [5.74, 6) is 0. The first-order valence-electron chi connectivity index (χ1n) is 9.06. The fourth-order valence-corrected chi connectivity index (χ4v) is 4.00. The van der Waals surface area contributed by atoms with Crippen molar-refractivity contribution in [2.75, 3.05) is 0 Å². The molecule has 127 valence electrons. The molecule has 2 aliphatic carbocycles. The fourth-order valence-electron chi connectivity index (χ4n) is 4.00. The summed E-state index contributed by atoms with van der Waals surface area (Å²) in [5, 5.41) is 0. The van der Waals surface area contributed by atoms with Gasteiger partial charge in [0.15, 0.2) is 0 Å². The van der Waals surface area contributed by atoms with Crippen LogP contribution in [-0.4, -0.2) is 0 Å². The molecule has 0 amide bonds. The van der Waals surface area contributed by atoms with Gasteiger partial charge in [0.05, 0.1) is 0 Å². The van der Waals surface area contributed by atoms with Gasteiger partial charge < -0.3 is 0 Å². The Labute approximate surface area is 179 Å². The van der Waals surface area contributed by atoms with Crippen molar-refractivity contribution in [2.45, 2.75) is 12.8 Å². The minimum absolute atomic E-state index is 0. The summed E-state index contributed by atoms with van der Waals surface area (Å²) in [5.41, 5.74) is 11.0. The van der Waals surface area contributed by atoms with Crippen LogP contribution in [0.25, 0.3) is 22.3 Å². The first-order chi connectivity index (χ1) is 12.9. The van der Waals surface area contributed by atoms with Crippen LogP contribution >= 0.6 is 0 Å². The predicted octanol–water partition coefficient (Wildman–Crippen LogP) is 6.11. The van der Waals surface area contributed by atoms with E-state index in [-0.39, 0.29) is 25.8 Å². The van der Waals surface area contributed by atoms with Gasteiger partial charge >= 0.3 is 0 Å². The third kappa shape index (κ3) is 3.37. The molecule has 1 radical (unpaired) electrons. The molecular weight excluding hydrogens is 357 g/mol. The maximum atomic E-state index is 3.30. The SMILES string of the molecule is [Sc].[c-]1cccc2c1Cc1ccccc1-2.[c-]1cccc2c1Cc1ccccc1-2. The van der Waals surface area contributed by atoms with E-state index in [0.717, 1.165) is 12.8 Å². The Kier molecular flexibility index (Phi) is 5.22. The van der Waals surface area contributed by atoms with E-state index in [1.165, 1.54) is 44.5 Å². The van der Waals surface area contributed by atoms with Crippen molar-refractivity contribution in [1.29, 1.82) is 0 Å². The van der Waals surface area contributed by atoms with Crippen LogP contribution in [0.15, 0.2) is 84.9 Å². The van der Waals surface area contributed by atoms with E-state index in [9.17, 15) is 0 Å². The molecule has 1 heteroatoms. The van der Waals surface area contributed by atoms with E-state index < -0.39 is 0 Å². The van der Waals surface area contributed by atoms with Crippen molar-refractivity contribution in [3.63, 3.8) is 0 Å². The molecule has 0 bridgehead atoms. The van der Waals surface area contributed by atoms with Crippen molar-refractivity contribution < 1.29 is 25.8 Å². The second-order valence-corrected chi connectivity index (χ2v) is 6.79. The average molecular weight is 375 g/mol. The third-order valence-corrected chi connectivity index (χ3v) is 5.23. The monoisotopic (exact) mass is 375 g/mol. The van der Waals surface area contributed by atoms with E-state index in [2.05, 4.69) is 84.9 Å². The van der Waals surface area contributed by atoms with E-state index in [4.69, 9.17) is 0 Å². The molecule has 0 fully saturated rings. The van der Waals surface area contributed by atoms with E-state index in [1.54, 1.807) is 0 Å². The minimum Gasteiger partial charge on any atom is -0.179 e. The molecular formula is C26H18Sc-2. The maximum Gasteiger partial charge on any atom is 0 e. The summed E-state index contributed by atoms with van der Waals surface area (Å²) in [6, 6.07) is 36.2. The van der Waals surface area contributed by atoms with Crippen LogP contribution in [-0.2, 0) is 38.7 Å². The van der Waals surface area contributed by atoms with E-state index >= 15 is 0 Å². The molecule has 0 spiro atoms. The molecule has 0 unspecified atom stereocenters. The Morgan fingerprint density at radius 1 is 0.481 bits per heavy atom. The van der Waals surface area contributed by atoms with Gasteiger partial charge in [0, 0.05) is 25.8 Å². The third-order valence-electron chi connectivity index (χ3n) is 5.23. The summed E-state index contributed by atoms with van der Waals surface area (Å²) in [6.07, 6.45) is 2.10. The molecule has 4 aromatic rings. The molecule has 0 aromatic heterocycles. The van der Waals surface area contributed by atoms with Crippen LogP contribution < -0.4 is 0 Å². The smallest absolute Gasteiger partial charge is 0 e. The van der Waals surface area contributed by atoms with Crippen molar-refractivity contribution in [3.05, 3.63) is 119 Å². The van der Waals surface area contributed by atoms with Crippen molar-refractivity contribution >= 4 is 0 Å². The van der Waals surface area contributed by atoms with Gasteiger partial charge in [0.1, 0.15) is 0 Å². The molecule has 0 saturated heterocycles. The van der Waals surface area contributed by atoms with Gasteiger partial charge in [-0.05, 0) is 12.8 Å². The molecule has 0 heterocycles. The van der Waals surface area contributed by atoms with Crippen LogP contribution in [0.3, 0.4) is 0 Å². The van der Waals surface area contributed by atoms with Crippen molar-refractivity contribution in [2.24, 2.45) is 0 Å². The van der Waals surface area contributed by atoms with Crippen molar-refractivity contribution in [3.8, 4) is 22.3 Å². The molecule has 27 heavy (non-hydrogen) atoms. The van der Waals surface area contributed by atoms with Crippen LogP contribution in [0.2, 0.25) is 0 Å². The Morgan fingerprint density at radius 3 is 1.37 bits per heavy atom. The zero-order valence-corrected chi connectivity index (χ0v) is 16.9. The predicted molar refractivity (Wildman–Crippen MR) is 107 cm³/mol. The maximum absolute atomic E-state index is 3.30. The molecule has 0 N–H and O–H groups in total. The van der Waals surface area contributed by atoms with Crippen LogP contribution in [0, 0.1) is 12.1 Å². The van der Waals surface area contributed by atoms with Crippen molar-refractivity contribution in [1.82, 2.24) is 0 Å². The van der Waals surface area contributed by atoms with Gasteiger partial charge in [-0.25, -0.2) is 0 Å². The molecule has 4 aromatic carbocycles. The Morgan fingerprint density at radius 2 is 0.889 bits per heavy atom. The fraction of sp³-hybridized carbons (Fsp3) is 0.0769. The minimum atomic E-state index is 0. The van der Waals surface area contributed by atoms with Gasteiger partial charge in [-0.15, -0.1) is 11.1 Å². The topological polar surface area (TPSA) is 0 Å². The van der Waals surface area contributed by atoms with E-state index in [1.807, 2.05) is 12.1 Å². The second-order valence-electron chi connectivity index (χ2n) is 6.79. The first-order valence-corrected chi connectivity index (χ1v) is 9.06. The number of hydrogen-bond donors (Lipinski definition) is 0. The van der Waals surface area contributed by atoms with Gasteiger partial charge in [-0.3, -0.25) is 0 Å².